The average Bonchev–Trinajstić information content (AvgIpc) is 2.78. The molecule has 1 saturated carbocycles. The van der Waals surface area contributed by atoms with Gasteiger partial charge in [-0.05, 0) is 86.6 Å². The van der Waals surface area contributed by atoms with E-state index in [0.717, 1.165) is 18.4 Å². The van der Waals surface area contributed by atoms with E-state index >= 15 is 0 Å². The molecule has 2 nitrogen and oxygen atoms in total. The average molecular weight is 453 g/mol. The molecule has 0 bridgehead atoms. The second-order valence-corrected chi connectivity index (χ2v) is 8.60. The summed E-state index contributed by atoms with van der Waals surface area (Å²) in [5, 5.41) is 0. The Bertz CT molecular complexity index is 859. The molecule has 176 valence electrons. The van der Waals surface area contributed by atoms with E-state index in [1.54, 1.807) is 25.1 Å². The van der Waals surface area contributed by atoms with Gasteiger partial charge in [0.25, 0.3) is 0 Å². The molecule has 0 saturated heterocycles. The molecule has 0 heterocycles. The minimum atomic E-state index is -3.23. The zero-order chi connectivity index (χ0) is 23.1. The maximum absolute atomic E-state index is 14.5. The van der Waals surface area contributed by atoms with Crippen LogP contribution in [0.25, 0.3) is 0 Å². The number of hydrogen-bond acceptors (Lipinski definition) is 2. The van der Waals surface area contributed by atoms with Gasteiger partial charge < -0.3 is 9.47 Å². The summed E-state index contributed by atoms with van der Waals surface area (Å²) >= 11 is 0. The van der Waals surface area contributed by atoms with Gasteiger partial charge in [0.2, 0.25) is 5.82 Å². The Labute approximate surface area is 187 Å². The van der Waals surface area contributed by atoms with Crippen LogP contribution in [0.1, 0.15) is 75.8 Å². The van der Waals surface area contributed by atoms with Gasteiger partial charge >= 0.3 is 6.11 Å². The Morgan fingerprint density at radius 2 is 1.59 bits per heavy atom. The molecule has 0 spiro atoms. The maximum Gasteiger partial charge on any atom is 0.397 e. The standard InChI is InChI=1S/C26H32F4O2/c1-3-5-18-8-12-21(13-9-18)32-26(29,30)17-16-19-6-10-20(11-7-19)22-14-15-23(31-4-2)25(28)24(22)27/h8-9,12-15,19-20H,3-7,10-11,16-17H2,1-2H3. The van der Waals surface area contributed by atoms with Crippen LogP contribution in [0.5, 0.6) is 11.5 Å². The highest BCUT2D eigenvalue weighted by molar-refractivity contribution is 5.33. The normalized spacial score (nSPS) is 19.1. The third-order valence-corrected chi connectivity index (χ3v) is 6.24. The van der Waals surface area contributed by atoms with Gasteiger partial charge in [0.05, 0.1) is 13.0 Å². The van der Waals surface area contributed by atoms with Crippen LogP contribution in [-0.2, 0) is 6.42 Å². The van der Waals surface area contributed by atoms with Crippen LogP contribution in [0.4, 0.5) is 17.6 Å². The van der Waals surface area contributed by atoms with Gasteiger partial charge in [-0.3, -0.25) is 0 Å². The van der Waals surface area contributed by atoms with Crippen molar-refractivity contribution >= 4 is 0 Å². The Morgan fingerprint density at radius 3 is 2.22 bits per heavy atom. The first kappa shape index (κ1) is 24.4. The number of halogens is 4. The summed E-state index contributed by atoms with van der Waals surface area (Å²) in [5.41, 5.74) is 1.45. The topological polar surface area (TPSA) is 18.5 Å². The lowest BCUT2D eigenvalue weighted by Crippen LogP contribution is -2.26. The Balaban J connectivity index is 1.49. The minimum absolute atomic E-state index is 0.0790. The number of alkyl halides is 2. The van der Waals surface area contributed by atoms with Gasteiger partial charge in [-0.15, -0.1) is 0 Å². The highest BCUT2D eigenvalue weighted by atomic mass is 19.3. The van der Waals surface area contributed by atoms with Crippen molar-refractivity contribution in [3.05, 3.63) is 59.2 Å². The predicted molar refractivity (Wildman–Crippen MR) is 117 cm³/mol. The summed E-state index contributed by atoms with van der Waals surface area (Å²) in [4.78, 5) is 0. The fraction of sp³-hybridized carbons (Fsp3) is 0.538. The van der Waals surface area contributed by atoms with E-state index < -0.39 is 17.7 Å². The number of ether oxygens (including phenoxy) is 2. The van der Waals surface area contributed by atoms with Crippen LogP contribution in [-0.4, -0.2) is 12.7 Å². The monoisotopic (exact) mass is 452 g/mol. The number of hydrogen-bond donors (Lipinski definition) is 0. The molecule has 6 heteroatoms. The molecule has 0 atom stereocenters. The lowest BCUT2D eigenvalue weighted by molar-refractivity contribution is -0.183. The second kappa shape index (κ2) is 11.1. The van der Waals surface area contributed by atoms with Gasteiger partial charge in [0.15, 0.2) is 11.6 Å². The van der Waals surface area contributed by atoms with E-state index in [9.17, 15) is 17.6 Å². The van der Waals surface area contributed by atoms with Gasteiger partial charge in [-0.1, -0.05) is 31.5 Å². The second-order valence-electron chi connectivity index (χ2n) is 8.60. The van der Waals surface area contributed by atoms with Gasteiger partial charge in [-0.25, -0.2) is 4.39 Å². The highest BCUT2D eigenvalue weighted by Crippen LogP contribution is 2.41. The van der Waals surface area contributed by atoms with Crippen LogP contribution in [0, 0.1) is 17.6 Å². The molecule has 1 fully saturated rings. The van der Waals surface area contributed by atoms with Crippen molar-refractivity contribution < 1.29 is 27.0 Å². The summed E-state index contributed by atoms with van der Waals surface area (Å²) in [6, 6.07) is 9.87. The zero-order valence-corrected chi connectivity index (χ0v) is 18.8. The molecule has 0 unspecified atom stereocenters. The molecule has 3 rings (SSSR count). The largest absolute Gasteiger partial charge is 0.491 e. The summed E-state index contributed by atoms with van der Waals surface area (Å²) in [6.45, 7) is 4.04. The number of rotatable bonds is 10. The molecule has 1 aliphatic rings. The fourth-order valence-electron chi connectivity index (χ4n) is 4.50. The van der Waals surface area contributed by atoms with Crippen molar-refractivity contribution in [1.29, 1.82) is 0 Å². The van der Waals surface area contributed by atoms with Crippen molar-refractivity contribution in [3.63, 3.8) is 0 Å². The molecular weight excluding hydrogens is 420 g/mol. The highest BCUT2D eigenvalue weighted by Gasteiger charge is 2.34. The lowest BCUT2D eigenvalue weighted by atomic mass is 9.77. The molecule has 2 aromatic rings. The first-order valence-electron chi connectivity index (χ1n) is 11.6. The van der Waals surface area contributed by atoms with E-state index in [4.69, 9.17) is 9.47 Å². The third kappa shape index (κ3) is 6.39. The molecule has 32 heavy (non-hydrogen) atoms. The van der Waals surface area contributed by atoms with Gasteiger partial charge in [-0.2, -0.15) is 13.2 Å². The third-order valence-electron chi connectivity index (χ3n) is 6.24. The van der Waals surface area contributed by atoms with Crippen molar-refractivity contribution in [2.45, 2.75) is 77.2 Å². The number of aryl methyl sites for hydroxylation is 1. The van der Waals surface area contributed by atoms with Gasteiger partial charge in [0, 0.05) is 0 Å². The SMILES string of the molecule is CCCc1ccc(OC(F)(F)CCC2CCC(c3ccc(OCC)c(F)c3F)CC2)cc1. The summed E-state index contributed by atoms with van der Waals surface area (Å²) in [7, 11) is 0. The van der Waals surface area contributed by atoms with Crippen molar-refractivity contribution in [2.24, 2.45) is 5.92 Å². The zero-order valence-electron chi connectivity index (χ0n) is 18.8. The molecule has 1 aliphatic carbocycles. The molecule has 0 aromatic heterocycles. The lowest BCUT2D eigenvalue weighted by Gasteiger charge is -2.30. The van der Waals surface area contributed by atoms with E-state index in [-0.39, 0.29) is 36.4 Å². The van der Waals surface area contributed by atoms with E-state index in [1.165, 1.54) is 6.07 Å². The van der Waals surface area contributed by atoms with E-state index in [0.29, 0.717) is 37.7 Å². The maximum atomic E-state index is 14.5. The van der Waals surface area contributed by atoms with Crippen LogP contribution in [0.15, 0.2) is 36.4 Å². The van der Waals surface area contributed by atoms with Crippen LogP contribution < -0.4 is 9.47 Å². The molecular formula is C26H32F4O2. The summed E-state index contributed by atoms with van der Waals surface area (Å²) in [6.07, 6.45) is 1.39. The fourth-order valence-corrected chi connectivity index (χ4v) is 4.50. The Morgan fingerprint density at radius 1 is 0.906 bits per heavy atom. The Kier molecular flexibility index (Phi) is 8.44. The van der Waals surface area contributed by atoms with Crippen molar-refractivity contribution in [1.82, 2.24) is 0 Å². The smallest absolute Gasteiger partial charge is 0.397 e. The number of benzene rings is 2. The van der Waals surface area contributed by atoms with Crippen LogP contribution >= 0.6 is 0 Å². The quantitative estimate of drug-likeness (QED) is 0.340. The molecule has 2 aromatic carbocycles. The van der Waals surface area contributed by atoms with Crippen molar-refractivity contribution in [2.75, 3.05) is 6.61 Å². The summed E-state index contributed by atoms with van der Waals surface area (Å²) in [5.74, 6) is -1.69. The molecule has 0 amide bonds. The predicted octanol–water partition coefficient (Wildman–Crippen LogP) is 8.04. The van der Waals surface area contributed by atoms with E-state index in [2.05, 4.69) is 6.92 Å². The summed E-state index contributed by atoms with van der Waals surface area (Å²) < 4.78 is 67.3. The molecule has 0 radical (unpaired) electrons. The van der Waals surface area contributed by atoms with Crippen LogP contribution in [0.2, 0.25) is 0 Å². The Hall–Kier alpha value is -2.24. The first-order chi connectivity index (χ1) is 15.3. The first-order valence-corrected chi connectivity index (χ1v) is 11.6. The van der Waals surface area contributed by atoms with Crippen LogP contribution in [0.3, 0.4) is 0 Å². The van der Waals surface area contributed by atoms with Gasteiger partial charge in [0.1, 0.15) is 5.75 Å². The molecule has 0 aliphatic heterocycles. The van der Waals surface area contributed by atoms with E-state index in [1.807, 2.05) is 12.1 Å². The van der Waals surface area contributed by atoms with Crippen molar-refractivity contribution in [3.8, 4) is 11.5 Å². The minimum Gasteiger partial charge on any atom is -0.491 e. The molecule has 0 N–H and O–H groups in total.